The van der Waals surface area contributed by atoms with E-state index >= 15 is 0 Å². The SMILES string of the molecule is C=CCC(C)(C(=O)O)c1ccc(N)cc1F. The molecule has 16 heavy (non-hydrogen) atoms. The molecular formula is C12H14FNO2. The number of nitrogens with two attached hydrogens (primary N) is 1. The first-order chi connectivity index (χ1) is 7.41. The molecule has 86 valence electrons. The molecule has 0 radical (unpaired) electrons. The Bertz CT molecular complexity index is 431. The fraction of sp³-hybridized carbons (Fsp3) is 0.250. The summed E-state index contributed by atoms with van der Waals surface area (Å²) in [5.41, 5.74) is 4.50. The highest BCUT2D eigenvalue weighted by Gasteiger charge is 2.36. The van der Waals surface area contributed by atoms with E-state index in [0.29, 0.717) is 0 Å². The van der Waals surface area contributed by atoms with Crippen molar-refractivity contribution in [1.82, 2.24) is 0 Å². The topological polar surface area (TPSA) is 63.3 Å². The molecule has 0 aliphatic carbocycles. The van der Waals surface area contributed by atoms with Crippen LogP contribution in [0.4, 0.5) is 10.1 Å². The van der Waals surface area contributed by atoms with Gasteiger partial charge in [-0.05, 0) is 25.5 Å². The van der Waals surface area contributed by atoms with Crippen LogP contribution in [0.1, 0.15) is 18.9 Å². The Labute approximate surface area is 93.4 Å². The van der Waals surface area contributed by atoms with Gasteiger partial charge >= 0.3 is 5.97 Å². The highest BCUT2D eigenvalue weighted by molar-refractivity contribution is 5.81. The quantitative estimate of drug-likeness (QED) is 0.608. The van der Waals surface area contributed by atoms with Crippen LogP contribution in [0.2, 0.25) is 0 Å². The number of carboxylic acids is 1. The molecule has 1 unspecified atom stereocenters. The van der Waals surface area contributed by atoms with E-state index in [1.165, 1.54) is 25.1 Å². The predicted octanol–water partition coefficient (Wildman–Crippen LogP) is 2.33. The van der Waals surface area contributed by atoms with E-state index in [4.69, 9.17) is 10.8 Å². The highest BCUT2D eigenvalue weighted by Crippen LogP contribution is 2.31. The molecule has 3 N–H and O–H groups in total. The number of rotatable bonds is 4. The van der Waals surface area contributed by atoms with Gasteiger partial charge in [0.05, 0.1) is 5.41 Å². The normalized spacial score (nSPS) is 14.1. The van der Waals surface area contributed by atoms with E-state index in [0.717, 1.165) is 6.07 Å². The molecule has 0 amide bonds. The number of halogens is 1. The number of allylic oxidation sites excluding steroid dienone is 1. The van der Waals surface area contributed by atoms with Gasteiger partial charge in [0.15, 0.2) is 0 Å². The summed E-state index contributed by atoms with van der Waals surface area (Å²) in [7, 11) is 0. The fourth-order valence-electron chi connectivity index (χ4n) is 1.58. The molecule has 0 aliphatic rings. The molecular weight excluding hydrogens is 209 g/mol. The second-order valence-corrected chi connectivity index (χ2v) is 3.87. The monoisotopic (exact) mass is 223 g/mol. The third-order valence-electron chi connectivity index (χ3n) is 2.61. The van der Waals surface area contributed by atoms with Crippen LogP contribution in [0, 0.1) is 5.82 Å². The highest BCUT2D eigenvalue weighted by atomic mass is 19.1. The first-order valence-corrected chi connectivity index (χ1v) is 4.81. The van der Waals surface area contributed by atoms with Crippen LogP contribution in [0.15, 0.2) is 30.9 Å². The molecule has 0 aromatic heterocycles. The minimum atomic E-state index is -1.31. The molecule has 0 fully saturated rings. The van der Waals surface area contributed by atoms with Gasteiger partial charge in [-0.3, -0.25) is 4.79 Å². The zero-order chi connectivity index (χ0) is 12.3. The Morgan fingerprint density at radius 3 is 2.75 bits per heavy atom. The van der Waals surface area contributed by atoms with E-state index in [1.807, 2.05) is 0 Å². The lowest BCUT2D eigenvalue weighted by Crippen LogP contribution is -2.32. The van der Waals surface area contributed by atoms with E-state index in [-0.39, 0.29) is 17.7 Å². The summed E-state index contributed by atoms with van der Waals surface area (Å²) in [6.45, 7) is 4.95. The molecule has 1 rings (SSSR count). The Kier molecular flexibility index (Phi) is 3.32. The van der Waals surface area contributed by atoms with Gasteiger partial charge in [-0.1, -0.05) is 12.1 Å². The lowest BCUT2D eigenvalue weighted by Gasteiger charge is -2.24. The number of anilines is 1. The van der Waals surface area contributed by atoms with Gasteiger partial charge in [0.1, 0.15) is 5.82 Å². The standard InChI is InChI=1S/C12H14FNO2/c1-3-6-12(2,11(15)16)9-5-4-8(14)7-10(9)13/h3-5,7H,1,6,14H2,2H3,(H,15,16). The number of hydrogen-bond donors (Lipinski definition) is 2. The number of carbonyl (C=O) groups is 1. The minimum Gasteiger partial charge on any atom is -0.481 e. The Balaban J connectivity index is 3.31. The van der Waals surface area contributed by atoms with Crippen LogP contribution < -0.4 is 5.73 Å². The number of nitrogen functional groups attached to an aromatic ring is 1. The summed E-state index contributed by atoms with van der Waals surface area (Å²) in [6, 6.07) is 4.02. The third-order valence-corrected chi connectivity index (χ3v) is 2.61. The van der Waals surface area contributed by atoms with Crippen molar-refractivity contribution in [3.8, 4) is 0 Å². The fourth-order valence-corrected chi connectivity index (χ4v) is 1.58. The van der Waals surface area contributed by atoms with Crippen molar-refractivity contribution in [2.45, 2.75) is 18.8 Å². The van der Waals surface area contributed by atoms with Crippen LogP contribution in [0.5, 0.6) is 0 Å². The van der Waals surface area contributed by atoms with Crippen LogP contribution in [0.25, 0.3) is 0 Å². The van der Waals surface area contributed by atoms with Crippen LogP contribution in [-0.2, 0) is 10.2 Å². The molecule has 4 heteroatoms. The largest absolute Gasteiger partial charge is 0.481 e. The predicted molar refractivity (Wildman–Crippen MR) is 60.6 cm³/mol. The van der Waals surface area contributed by atoms with Gasteiger partial charge in [-0.2, -0.15) is 0 Å². The van der Waals surface area contributed by atoms with Gasteiger partial charge in [0, 0.05) is 11.3 Å². The van der Waals surface area contributed by atoms with Gasteiger partial charge in [-0.15, -0.1) is 6.58 Å². The van der Waals surface area contributed by atoms with E-state index in [2.05, 4.69) is 6.58 Å². The molecule has 0 heterocycles. The summed E-state index contributed by atoms with van der Waals surface area (Å²) >= 11 is 0. The van der Waals surface area contributed by atoms with Crippen molar-refractivity contribution in [3.63, 3.8) is 0 Å². The molecule has 1 aromatic carbocycles. The number of hydrogen-bond acceptors (Lipinski definition) is 2. The average Bonchev–Trinajstić information content (AvgIpc) is 2.17. The first-order valence-electron chi connectivity index (χ1n) is 4.81. The molecule has 1 atom stereocenters. The number of aliphatic carboxylic acids is 1. The molecule has 0 saturated carbocycles. The molecule has 1 aromatic rings. The van der Waals surface area contributed by atoms with Crippen molar-refractivity contribution in [3.05, 3.63) is 42.2 Å². The van der Waals surface area contributed by atoms with Crippen molar-refractivity contribution < 1.29 is 14.3 Å². The Morgan fingerprint density at radius 2 is 2.31 bits per heavy atom. The molecule has 0 bridgehead atoms. The molecule has 0 spiro atoms. The maximum absolute atomic E-state index is 13.7. The maximum atomic E-state index is 13.7. The van der Waals surface area contributed by atoms with Crippen LogP contribution >= 0.6 is 0 Å². The van der Waals surface area contributed by atoms with Gasteiger partial charge < -0.3 is 10.8 Å². The molecule has 0 aliphatic heterocycles. The summed E-state index contributed by atoms with van der Waals surface area (Å²) in [4.78, 5) is 11.2. The molecule has 0 saturated heterocycles. The summed E-state index contributed by atoms with van der Waals surface area (Å²) in [6.07, 6.45) is 1.62. The second kappa shape index (κ2) is 4.35. The van der Waals surface area contributed by atoms with Crippen molar-refractivity contribution in [2.24, 2.45) is 0 Å². The average molecular weight is 223 g/mol. The second-order valence-electron chi connectivity index (χ2n) is 3.87. The summed E-state index contributed by atoms with van der Waals surface area (Å²) in [5, 5.41) is 9.17. The smallest absolute Gasteiger partial charge is 0.314 e. The van der Waals surface area contributed by atoms with E-state index in [1.54, 1.807) is 0 Å². The van der Waals surface area contributed by atoms with E-state index < -0.39 is 17.2 Å². The van der Waals surface area contributed by atoms with Gasteiger partial charge in [0.2, 0.25) is 0 Å². The number of carboxylic acid groups (broad SMARTS) is 1. The zero-order valence-corrected chi connectivity index (χ0v) is 9.03. The number of benzene rings is 1. The zero-order valence-electron chi connectivity index (χ0n) is 9.03. The van der Waals surface area contributed by atoms with Crippen LogP contribution in [0.3, 0.4) is 0 Å². The van der Waals surface area contributed by atoms with Gasteiger partial charge in [0.25, 0.3) is 0 Å². The van der Waals surface area contributed by atoms with Crippen molar-refractivity contribution in [2.75, 3.05) is 5.73 Å². The lowest BCUT2D eigenvalue weighted by molar-refractivity contribution is -0.143. The lowest BCUT2D eigenvalue weighted by atomic mass is 9.79. The minimum absolute atomic E-state index is 0.120. The maximum Gasteiger partial charge on any atom is 0.314 e. The summed E-state index contributed by atoms with van der Waals surface area (Å²) < 4.78 is 13.7. The molecule has 3 nitrogen and oxygen atoms in total. The Hall–Kier alpha value is -1.84. The van der Waals surface area contributed by atoms with Crippen molar-refractivity contribution in [1.29, 1.82) is 0 Å². The van der Waals surface area contributed by atoms with E-state index in [9.17, 15) is 9.18 Å². The summed E-state index contributed by atoms with van der Waals surface area (Å²) in [5.74, 6) is -1.69. The Morgan fingerprint density at radius 1 is 1.69 bits per heavy atom. The first kappa shape index (κ1) is 12.2. The van der Waals surface area contributed by atoms with Crippen molar-refractivity contribution >= 4 is 11.7 Å². The van der Waals surface area contributed by atoms with Gasteiger partial charge in [-0.25, -0.2) is 4.39 Å². The third kappa shape index (κ3) is 2.05. The van der Waals surface area contributed by atoms with Crippen LogP contribution in [-0.4, -0.2) is 11.1 Å².